The number of allylic oxidation sites excluding steroid dienone is 2. The number of hydrogen-bond acceptors (Lipinski definition) is 4. The number of aromatic nitrogens is 4. The summed E-state index contributed by atoms with van der Waals surface area (Å²) in [4.78, 5) is 26.3. The SMILES string of the molecule is CCCn1c(OC2CCCC2)nc2nc(C34CC5C=C3CC(C5)C4)[nH]c2c1=O. The molecule has 148 valence electrons. The smallest absolute Gasteiger partial charge is 0.301 e. The minimum absolute atomic E-state index is 0.0305. The summed E-state index contributed by atoms with van der Waals surface area (Å²) in [7, 11) is 0. The number of H-pyrrole nitrogens is 1. The first-order valence-corrected chi connectivity index (χ1v) is 11.0. The zero-order valence-electron chi connectivity index (χ0n) is 16.5. The van der Waals surface area contributed by atoms with Crippen molar-refractivity contribution in [2.24, 2.45) is 11.8 Å². The van der Waals surface area contributed by atoms with E-state index >= 15 is 0 Å². The lowest BCUT2D eigenvalue weighted by molar-refractivity contribution is 0.180. The maximum atomic E-state index is 13.3. The average molecular weight is 380 g/mol. The summed E-state index contributed by atoms with van der Waals surface area (Å²) < 4.78 is 7.88. The molecule has 3 atom stereocenters. The van der Waals surface area contributed by atoms with E-state index in [0.717, 1.165) is 37.4 Å². The highest BCUT2D eigenvalue weighted by atomic mass is 16.5. The highest BCUT2D eigenvalue weighted by molar-refractivity contribution is 5.70. The Kier molecular flexibility index (Phi) is 3.57. The third-order valence-electron chi connectivity index (χ3n) is 7.49. The predicted octanol–water partition coefficient (Wildman–Crippen LogP) is 3.85. The molecule has 0 aromatic carbocycles. The van der Waals surface area contributed by atoms with Crippen LogP contribution in [0.15, 0.2) is 16.4 Å². The lowest BCUT2D eigenvalue weighted by atomic mass is 9.74. The molecule has 0 amide bonds. The standard InChI is InChI=1S/C22H28N4O2/c1-2-7-26-19(27)17-18(25-21(26)28-16-5-3-4-6-16)24-20(23-17)22-11-13-8-14(12-22)10-15(22)9-13/h9,13-14,16H,2-8,10-12H2,1H3,(H,23,24). The number of nitrogens with zero attached hydrogens (tertiary/aromatic N) is 3. The van der Waals surface area contributed by atoms with Gasteiger partial charge in [-0.3, -0.25) is 9.36 Å². The van der Waals surface area contributed by atoms with Crippen LogP contribution in [-0.2, 0) is 12.0 Å². The molecule has 7 rings (SSSR count). The minimum atomic E-state index is -0.0401. The van der Waals surface area contributed by atoms with Crippen molar-refractivity contribution < 1.29 is 4.74 Å². The van der Waals surface area contributed by atoms with E-state index in [1.54, 1.807) is 10.1 Å². The molecule has 6 nitrogen and oxygen atoms in total. The van der Waals surface area contributed by atoms with Crippen LogP contribution in [0.5, 0.6) is 6.01 Å². The molecule has 0 spiro atoms. The summed E-state index contributed by atoms with van der Waals surface area (Å²) in [5.41, 5.74) is 2.61. The van der Waals surface area contributed by atoms with Gasteiger partial charge in [0, 0.05) is 6.54 Å². The molecule has 6 heteroatoms. The highest BCUT2D eigenvalue weighted by Gasteiger charge is 2.55. The van der Waals surface area contributed by atoms with Crippen LogP contribution in [0.25, 0.3) is 11.2 Å². The molecular weight excluding hydrogens is 352 g/mol. The summed E-state index contributed by atoms with van der Waals surface area (Å²) >= 11 is 0. The Morgan fingerprint density at radius 3 is 2.93 bits per heavy atom. The molecule has 0 saturated heterocycles. The summed E-state index contributed by atoms with van der Waals surface area (Å²) in [5.74, 6) is 2.45. The van der Waals surface area contributed by atoms with Crippen LogP contribution in [0.4, 0.5) is 0 Å². The molecule has 3 saturated carbocycles. The number of hydrogen-bond donors (Lipinski definition) is 1. The fourth-order valence-electron chi connectivity index (χ4n) is 6.39. The maximum absolute atomic E-state index is 13.3. The Hall–Kier alpha value is -2.11. The molecule has 2 aromatic heterocycles. The molecule has 4 bridgehead atoms. The van der Waals surface area contributed by atoms with Gasteiger partial charge >= 0.3 is 6.01 Å². The quantitative estimate of drug-likeness (QED) is 0.800. The number of aromatic amines is 1. The van der Waals surface area contributed by atoms with E-state index < -0.39 is 0 Å². The van der Waals surface area contributed by atoms with Crippen LogP contribution in [-0.4, -0.2) is 25.6 Å². The second-order valence-electron chi connectivity index (χ2n) is 9.41. The van der Waals surface area contributed by atoms with Crippen molar-refractivity contribution in [3.8, 4) is 6.01 Å². The van der Waals surface area contributed by atoms with Crippen molar-refractivity contribution in [1.82, 2.24) is 19.5 Å². The molecule has 2 heterocycles. The van der Waals surface area contributed by atoms with Gasteiger partial charge in [0.05, 0.1) is 5.41 Å². The van der Waals surface area contributed by atoms with Gasteiger partial charge in [-0.25, -0.2) is 4.98 Å². The van der Waals surface area contributed by atoms with Gasteiger partial charge in [0.15, 0.2) is 11.2 Å². The predicted molar refractivity (Wildman–Crippen MR) is 107 cm³/mol. The maximum Gasteiger partial charge on any atom is 0.301 e. The highest BCUT2D eigenvalue weighted by Crippen LogP contribution is 2.62. The van der Waals surface area contributed by atoms with Gasteiger partial charge in [-0.05, 0) is 69.6 Å². The van der Waals surface area contributed by atoms with Crippen LogP contribution in [0.2, 0.25) is 0 Å². The van der Waals surface area contributed by atoms with Crippen molar-refractivity contribution in [1.29, 1.82) is 0 Å². The lowest BCUT2D eigenvalue weighted by Crippen LogP contribution is -2.28. The van der Waals surface area contributed by atoms with E-state index in [2.05, 4.69) is 18.0 Å². The average Bonchev–Trinajstić information content (AvgIpc) is 3.42. The third kappa shape index (κ3) is 2.29. The van der Waals surface area contributed by atoms with Crippen LogP contribution in [0.1, 0.15) is 70.5 Å². The fourth-order valence-corrected chi connectivity index (χ4v) is 6.39. The Bertz CT molecular complexity index is 1030. The van der Waals surface area contributed by atoms with Crippen LogP contribution < -0.4 is 10.3 Å². The van der Waals surface area contributed by atoms with Gasteiger partial charge in [-0.1, -0.05) is 18.6 Å². The first-order valence-electron chi connectivity index (χ1n) is 11.0. The molecule has 5 aliphatic carbocycles. The topological polar surface area (TPSA) is 72.8 Å². The Morgan fingerprint density at radius 1 is 1.29 bits per heavy atom. The van der Waals surface area contributed by atoms with Gasteiger partial charge in [0.25, 0.3) is 5.56 Å². The van der Waals surface area contributed by atoms with Crippen LogP contribution in [0.3, 0.4) is 0 Å². The summed E-state index contributed by atoms with van der Waals surface area (Å²) in [5, 5.41) is 0. The molecule has 0 aliphatic heterocycles. The monoisotopic (exact) mass is 380 g/mol. The molecule has 28 heavy (non-hydrogen) atoms. The largest absolute Gasteiger partial charge is 0.461 e. The van der Waals surface area contributed by atoms with Gasteiger partial charge in [0.2, 0.25) is 0 Å². The van der Waals surface area contributed by atoms with E-state index in [4.69, 9.17) is 14.7 Å². The Labute approximate surface area is 164 Å². The summed E-state index contributed by atoms with van der Waals surface area (Å²) in [6, 6.07) is 0.457. The van der Waals surface area contributed by atoms with E-state index in [0.29, 0.717) is 29.6 Å². The Morgan fingerprint density at radius 2 is 2.14 bits per heavy atom. The number of rotatable bonds is 5. The van der Waals surface area contributed by atoms with E-state index in [-0.39, 0.29) is 17.1 Å². The van der Waals surface area contributed by atoms with Gasteiger partial charge in [-0.2, -0.15) is 4.98 Å². The van der Waals surface area contributed by atoms with E-state index in [9.17, 15) is 4.79 Å². The van der Waals surface area contributed by atoms with Crippen molar-refractivity contribution in [3.63, 3.8) is 0 Å². The molecule has 5 aliphatic rings. The normalized spacial score (nSPS) is 31.2. The molecule has 3 fully saturated rings. The van der Waals surface area contributed by atoms with E-state index in [1.807, 2.05) is 0 Å². The lowest BCUT2D eigenvalue weighted by Gasteiger charge is -2.30. The van der Waals surface area contributed by atoms with Gasteiger partial charge in [0.1, 0.15) is 11.9 Å². The number of ether oxygens (including phenoxy) is 1. The molecular formula is C22H28N4O2. The zero-order chi connectivity index (χ0) is 18.9. The van der Waals surface area contributed by atoms with Crippen LogP contribution >= 0.6 is 0 Å². The summed E-state index contributed by atoms with van der Waals surface area (Å²) in [6.45, 7) is 2.70. The van der Waals surface area contributed by atoms with Crippen LogP contribution in [0, 0.1) is 11.8 Å². The first kappa shape index (κ1) is 16.8. The molecule has 1 N–H and O–H groups in total. The minimum Gasteiger partial charge on any atom is -0.461 e. The van der Waals surface area contributed by atoms with Crippen molar-refractivity contribution in [2.45, 2.75) is 82.8 Å². The number of imidazole rings is 1. The van der Waals surface area contributed by atoms with Crippen molar-refractivity contribution >= 4 is 11.2 Å². The van der Waals surface area contributed by atoms with Gasteiger partial charge in [-0.15, -0.1) is 0 Å². The third-order valence-corrected chi connectivity index (χ3v) is 7.49. The number of fused-ring (bicyclic) bond motifs is 1. The zero-order valence-corrected chi connectivity index (χ0v) is 16.5. The molecule has 2 aromatic rings. The second kappa shape index (κ2) is 5.94. The van der Waals surface area contributed by atoms with Crippen molar-refractivity contribution in [2.75, 3.05) is 0 Å². The van der Waals surface area contributed by atoms with Gasteiger partial charge < -0.3 is 9.72 Å². The summed E-state index contributed by atoms with van der Waals surface area (Å²) in [6.07, 6.45) is 12.9. The fraction of sp³-hybridized carbons (Fsp3) is 0.682. The number of nitrogens with one attached hydrogen (secondary N) is 1. The Balaban J connectivity index is 1.45. The van der Waals surface area contributed by atoms with Crippen molar-refractivity contribution in [3.05, 3.63) is 27.8 Å². The molecule has 0 radical (unpaired) electrons. The van der Waals surface area contributed by atoms with E-state index in [1.165, 1.54) is 32.1 Å². The molecule has 3 unspecified atom stereocenters. The first-order chi connectivity index (χ1) is 13.7. The second-order valence-corrected chi connectivity index (χ2v) is 9.41.